The SMILES string of the molecule is Cc1cc(C)c(CNC(=O)Cn2nc(C)c(Cl)c2C)c(=O)[nH]1. The number of nitrogens with one attached hydrogen (secondary N) is 2. The molecule has 0 radical (unpaired) electrons. The number of H-pyrrole nitrogens is 1. The maximum Gasteiger partial charge on any atom is 0.253 e. The normalized spacial score (nSPS) is 10.8. The van der Waals surface area contributed by atoms with Crippen LogP contribution in [0.15, 0.2) is 10.9 Å². The lowest BCUT2D eigenvalue weighted by Gasteiger charge is -2.09. The first kappa shape index (κ1) is 16.3. The van der Waals surface area contributed by atoms with Gasteiger partial charge in [-0.1, -0.05) is 11.6 Å². The maximum atomic E-state index is 12.0. The maximum absolute atomic E-state index is 12.0. The number of aromatic nitrogens is 3. The number of aryl methyl sites for hydroxylation is 3. The fraction of sp³-hybridized carbons (Fsp3) is 0.400. The lowest BCUT2D eigenvalue weighted by atomic mass is 10.1. The average Bonchev–Trinajstić information content (AvgIpc) is 2.65. The molecular formula is C15H19ClN4O2. The molecule has 2 heterocycles. The number of hydrogen-bond donors (Lipinski definition) is 2. The van der Waals surface area contributed by atoms with Gasteiger partial charge < -0.3 is 10.3 Å². The fourth-order valence-electron chi connectivity index (χ4n) is 2.31. The van der Waals surface area contributed by atoms with E-state index in [1.807, 2.05) is 26.8 Å². The van der Waals surface area contributed by atoms with E-state index >= 15 is 0 Å². The van der Waals surface area contributed by atoms with E-state index in [1.165, 1.54) is 0 Å². The molecule has 0 atom stereocenters. The highest BCUT2D eigenvalue weighted by atomic mass is 35.5. The highest BCUT2D eigenvalue weighted by Crippen LogP contribution is 2.18. The topological polar surface area (TPSA) is 79.8 Å². The molecule has 0 bridgehead atoms. The number of carbonyl (C=O) groups is 1. The Bertz CT molecular complexity index is 777. The molecule has 0 aliphatic heterocycles. The first-order valence-electron chi connectivity index (χ1n) is 6.95. The summed E-state index contributed by atoms with van der Waals surface area (Å²) in [7, 11) is 0. The summed E-state index contributed by atoms with van der Waals surface area (Å²) in [6.07, 6.45) is 0. The van der Waals surface area contributed by atoms with E-state index in [4.69, 9.17) is 11.6 Å². The summed E-state index contributed by atoms with van der Waals surface area (Å²) in [5.74, 6) is -0.221. The van der Waals surface area contributed by atoms with Crippen molar-refractivity contribution in [1.29, 1.82) is 0 Å². The zero-order valence-electron chi connectivity index (χ0n) is 13.1. The summed E-state index contributed by atoms with van der Waals surface area (Å²) in [5.41, 5.74) is 3.49. The van der Waals surface area contributed by atoms with Crippen LogP contribution < -0.4 is 10.9 Å². The lowest BCUT2D eigenvalue weighted by Crippen LogP contribution is -2.31. The largest absolute Gasteiger partial charge is 0.350 e. The highest BCUT2D eigenvalue weighted by Gasteiger charge is 2.13. The molecule has 0 spiro atoms. The summed E-state index contributed by atoms with van der Waals surface area (Å²) < 4.78 is 1.55. The minimum absolute atomic E-state index is 0.0716. The van der Waals surface area contributed by atoms with Crippen molar-refractivity contribution in [3.8, 4) is 0 Å². The van der Waals surface area contributed by atoms with Crippen molar-refractivity contribution in [2.24, 2.45) is 0 Å². The van der Waals surface area contributed by atoms with Gasteiger partial charge in [0, 0.05) is 17.8 Å². The smallest absolute Gasteiger partial charge is 0.253 e. The molecular weight excluding hydrogens is 304 g/mol. The third kappa shape index (κ3) is 3.39. The molecule has 0 aromatic carbocycles. The van der Waals surface area contributed by atoms with E-state index in [2.05, 4.69) is 15.4 Å². The Labute approximate surface area is 133 Å². The molecule has 22 heavy (non-hydrogen) atoms. The summed E-state index contributed by atoms with van der Waals surface area (Å²) in [6.45, 7) is 7.53. The number of halogens is 1. The van der Waals surface area contributed by atoms with Gasteiger partial charge >= 0.3 is 0 Å². The number of carbonyl (C=O) groups excluding carboxylic acids is 1. The summed E-state index contributed by atoms with van der Waals surface area (Å²) in [4.78, 5) is 26.6. The van der Waals surface area contributed by atoms with Crippen molar-refractivity contribution in [3.63, 3.8) is 0 Å². The van der Waals surface area contributed by atoms with Crippen molar-refractivity contribution >= 4 is 17.5 Å². The van der Waals surface area contributed by atoms with Crippen LogP contribution in [0, 0.1) is 27.7 Å². The second-order valence-corrected chi connectivity index (χ2v) is 5.74. The minimum Gasteiger partial charge on any atom is -0.350 e. The first-order chi connectivity index (χ1) is 10.3. The van der Waals surface area contributed by atoms with Crippen molar-refractivity contribution in [3.05, 3.63) is 49.7 Å². The van der Waals surface area contributed by atoms with Crippen LogP contribution >= 0.6 is 11.6 Å². The van der Waals surface area contributed by atoms with Crippen LogP contribution in [-0.4, -0.2) is 20.7 Å². The standard InChI is InChI=1S/C15H19ClN4O2/c1-8-5-9(2)18-15(22)12(8)6-17-13(21)7-20-11(4)14(16)10(3)19-20/h5H,6-7H2,1-4H3,(H,17,21)(H,18,22). The predicted octanol–water partition coefficient (Wildman–Crippen LogP) is 1.77. The van der Waals surface area contributed by atoms with Gasteiger partial charge in [0.15, 0.2) is 0 Å². The summed E-state index contributed by atoms with van der Waals surface area (Å²) in [5, 5.41) is 7.52. The molecule has 0 saturated heterocycles. The molecule has 0 aliphatic carbocycles. The zero-order valence-corrected chi connectivity index (χ0v) is 13.8. The van der Waals surface area contributed by atoms with Gasteiger partial charge in [0.25, 0.3) is 5.56 Å². The van der Waals surface area contributed by atoms with Crippen LogP contribution in [-0.2, 0) is 17.9 Å². The molecule has 0 aliphatic rings. The molecule has 2 aromatic rings. The number of nitrogens with zero attached hydrogens (tertiary/aromatic N) is 2. The van der Waals surface area contributed by atoms with E-state index in [-0.39, 0.29) is 24.6 Å². The predicted molar refractivity (Wildman–Crippen MR) is 85.1 cm³/mol. The van der Waals surface area contributed by atoms with Crippen LogP contribution in [0.25, 0.3) is 0 Å². The second-order valence-electron chi connectivity index (χ2n) is 5.36. The van der Waals surface area contributed by atoms with Gasteiger partial charge in [-0.15, -0.1) is 0 Å². The van der Waals surface area contributed by atoms with E-state index in [0.717, 1.165) is 17.0 Å². The van der Waals surface area contributed by atoms with Gasteiger partial charge in [0.1, 0.15) is 6.54 Å². The Morgan fingerprint density at radius 2 is 2.05 bits per heavy atom. The Balaban J connectivity index is 2.05. The van der Waals surface area contributed by atoms with E-state index in [9.17, 15) is 9.59 Å². The Kier molecular flexibility index (Phi) is 4.71. The number of pyridine rings is 1. The van der Waals surface area contributed by atoms with Crippen LogP contribution in [0.1, 0.15) is 28.2 Å². The lowest BCUT2D eigenvalue weighted by molar-refractivity contribution is -0.122. The monoisotopic (exact) mass is 322 g/mol. The number of rotatable bonds is 4. The Morgan fingerprint density at radius 1 is 1.36 bits per heavy atom. The zero-order chi connectivity index (χ0) is 16.4. The van der Waals surface area contributed by atoms with E-state index in [0.29, 0.717) is 16.3 Å². The Hall–Kier alpha value is -2.08. The first-order valence-corrected chi connectivity index (χ1v) is 7.33. The van der Waals surface area contributed by atoms with Crippen LogP contribution in [0.2, 0.25) is 5.02 Å². The molecule has 7 heteroatoms. The summed E-state index contributed by atoms with van der Waals surface area (Å²) >= 11 is 6.05. The van der Waals surface area contributed by atoms with Crippen molar-refractivity contribution in [2.45, 2.75) is 40.8 Å². The van der Waals surface area contributed by atoms with Crippen molar-refractivity contribution < 1.29 is 4.79 Å². The minimum atomic E-state index is -0.221. The fourth-order valence-corrected chi connectivity index (χ4v) is 2.44. The summed E-state index contributed by atoms with van der Waals surface area (Å²) in [6, 6.07) is 1.88. The van der Waals surface area contributed by atoms with Crippen molar-refractivity contribution in [1.82, 2.24) is 20.1 Å². The van der Waals surface area contributed by atoms with Crippen molar-refractivity contribution in [2.75, 3.05) is 0 Å². The van der Waals surface area contributed by atoms with Gasteiger partial charge in [-0.25, -0.2) is 0 Å². The van der Waals surface area contributed by atoms with Gasteiger partial charge in [0.2, 0.25) is 5.91 Å². The van der Waals surface area contributed by atoms with Gasteiger partial charge in [-0.3, -0.25) is 14.3 Å². The van der Waals surface area contributed by atoms with Crippen LogP contribution in [0.4, 0.5) is 0 Å². The van der Waals surface area contributed by atoms with Crippen LogP contribution in [0.5, 0.6) is 0 Å². The van der Waals surface area contributed by atoms with E-state index in [1.54, 1.807) is 11.6 Å². The van der Waals surface area contributed by atoms with Gasteiger partial charge in [0.05, 0.1) is 16.4 Å². The Morgan fingerprint density at radius 3 is 2.59 bits per heavy atom. The highest BCUT2D eigenvalue weighted by molar-refractivity contribution is 6.31. The number of amides is 1. The van der Waals surface area contributed by atoms with Gasteiger partial charge in [-0.2, -0.15) is 5.10 Å². The third-order valence-electron chi connectivity index (χ3n) is 3.54. The molecule has 118 valence electrons. The average molecular weight is 323 g/mol. The molecule has 0 fully saturated rings. The second kappa shape index (κ2) is 6.36. The molecule has 2 aromatic heterocycles. The van der Waals surface area contributed by atoms with E-state index < -0.39 is 0 Å². The molecule has 2 N–H and O–H groups in total. The number of aromatic amines is 1. The molecule has 2 rings (SSSR count). The van der Waals surface area contributed by atoms with Crippen LogP contribution in [0.3, 0.4) is 0 Å². The third-order valence-corrected chi connectivity index (χ3v) is 4.09. The quantitative estimate of drug-likeness (QED) is 0.900. The molecule has 6 nitrogen and oxygen atoms in total. The molecule has 1 amide bonds. The number of hydrogen-bond acceptors (Lipinski definition) is 3. The molecule has 0 unspecified atom stereocenters. The van der Waals surface area contributed by atoms with Gasteiger partial charge in [-0.05, 0) is 39.3 Å². The molecule has 0 saturated carbocycles.